The van der Waals surface area contributed by atoms with Crippen LogP contribution in [0.5, 0.6) is 0 Å². The van der Waals surface area contributed by atoms with Crippen LogP contribution in [0.4, 0.5) is 4.39 Å². The average molecular weight is 225 g/mol. The summed E-state index contributed by atoms with van der Waals surface area (Å²) in [4.78, 5) is 10.8. The predicted molar refractivity (Wildman–Crippen MR) is 59.4 cm³/mol. The Hall–Kier alpha value is -1.42. The van der Waals surface area contributed by atoms with Gasteiger partial charge in [0.05, 0.1) is 7.11 Å². The van der Waals surface area contributed by atoms with Crippen molar-refractivity contribution in [2.75, 3.05) is 13.7 Å². The number of hydrogen-bond donors (Lipinski definition) is 1. The van der Waals surface area contributed by atoms with Crippen LogP contribution >= 0.6 is 0 Å². The summed E-state index contributed by atoms with van der Waals surface area (Å²) in [6.45, 7) is 1.42. The lowest BCUT2D eigenvalue weighted by atomic mass is 10.2. The molecule has 16 heavy (non-hydrogen) atoms. The Bertz CT molecular complexity index is 324. The standard InChI is InChI=1S/C12H16FNO2/c1-16-12(15)3-2-8-14-9-10-4-6-11(13)7-5-10/h4-7,14H,2-3,8-9H2,1H3. The second-order valence-corrected chi connectivity index (χ2v) is 3.48. The van der Waals surface area contributed by atoms with E-state index in [-0.39, 0.29) is 11.8 Å². The molecule has 1 aromatic rings. The topological polar surface area (TPSA) is 38.3 Å². The smallest absolute Gasteiger partial charge is 0.305 e. The van der Waals surface area contributed by atoms with E-state index in [0.717, 1.165) is 18.5 Å². The number of hydrogen-bond acceptors (Lipinski definition) is 3. The maximum atomic E-state index is 12.6. The minimum absolute atomic E-state index is 0.191. The van der Waals surface area contributed by atoms with Gasteiger partial charge in [0.1, 0.15) is 5.82 Å². The molecule has 0 aliphatic heterocycles. The summed E-state index contributed by atoms with van der Waals surface area (Å²) in [7, 11) is 1.38. The highest BCUT2D eigenvalue weighted by Gasteiger charge is 1.99. The fourth-order valence-electron chi connectivity index (χ4n) is 1.29. The van der Waals surface area contributed by atoms with Crippen molar-refractivity contribution >= 4 is 5.97 Å². The van der Waals surface area contributed by atoms with Gasteiger partial charge < -0.3 is 10.1 Å². The summed E-state index contributed by atoms with van der Waals surface area (Å²) in [5.41, 5.74) is 1.03. The van der Waals surface area contributed by atoms with E-state index in [0.29, 0.717) is 13.0 Å². The van der Waals surface area contributed by atoms with Crippen molar-refractivity contribution < 1.29 is 13.9 Å². The van der Waals surface area contributed by atoms with Crippen molar-refractivity contribution in [3.63, 3.8) is 0 Å². The normalized spacial score (nSPS) is 10.1. The molecule has 3 nitrogen and oxygen atoms in total. The number of carbonyl (C=O) groups is 1. The van der Waals surface area contributed by atoms with Gasteiger partial charge in [0.2, 0.25) is 0 Å². The van der Waals surface area contributed by atoms with Gasteiger partial charge in [-0.1, -0.05) is 12.1 Å². The van der Waals surface area contributed by atoms with E-state index >= 15 is 0 Å². The van der Waals surface area contributed by atoms with E-state index in [1.165, 1.54) is 19.2 Å². The molecule has 0 fully saturated rings. The van der Waals surface area contributed by atoms with Crippen molar-refractivity contribution in [2.24, 2.45) is 0 Å². The molecule has 0 aliphatic rings. The Morgan fingerprint density at radius 3 is 2.69 bits per heavy atom. The van der Waals surface area contributed by atoms with Gasteiger partial charge in [-0.3, -0.25) is 4.79 Å². The number of rotatable bonds is 6. The van der Waals surface area contributed by atoms with E-state index in [9.17, 15) is 9.18 Å². The summed E-state index contributed by atoms with van der Waals surface area (Å²) in [6.07, 6.45) is 1.17. The maximum Gasteiger partial charge on any atom is 0.305 e. The monoisotopic (exact) mass is 225 g/mol. The number of ether oxygens (including phenoxy) is 1. The molecular formula is C12H16FNO2. The van der Waals surface area contributed by atoms with E-state index in [1.54, 1.807) is 12.1 Å². The van der Waals surface area contributed by atoms with Gasteiger partial charge in [0, 0.05) is 13.0 Å². The molecule has 0 atom stereocenters. The molecule has 0 amide bonds. The van der Waals surface area contributed by atoms with Gasteiger partial charge in [-0.05, 0) is 30.7 Å². The van der Waals surface area contributed by atoms with Crippen molar-refractivity contribution in [2.45, 2.75) is 19.4 Å². The molecule has 1 aromatic carbocycles. The Kier molecular flexibility index (Phi) is 5.50. The van der Waals surface area contributed by atoms with Crippen LogP contribution in [0.3, 0.4) is 0 Å². The third-order valence-corrected chi connectivity index (χ3v) is 2.20. The summed E-state index contributed by atoms with van der Waals surface area (Å²) in [5.74, 6) is -0.418. The molecule has 1 rings (SSSR count). The van der Waals surface area contributed by atoms with Gasteiger partial charge in [-0.25, -0.2) is 4.39 Å². The Balaban J connectivity index is 2.11. The first-order valence-electron chi connectivity index (χ1n) is 5.24. The van der Waals surface area contributed by atoms with Crippen LogP contribution in [0.25, 0.3) is 0 Å². The van der Waals surface area contributed by atoms with E-state index < -0.39 is 0 Å². The molecule has 0 saturated heterocycles. The number of halogens is 1. The highest BCUT2D eigenvalue weighted by atomic mass is 19.1. The average Bonchev–Trinajstić information content (AvgIpc) is 2.31. The van der Waals surface area contributed by atoms with Gasteiger partial charge in [0.25, 0.3) is 0 Å². The fraction of sp³-hybridized carbons (Fsp3) is 0.417. The number of benzene rings is 1. The molecule has 0 aliphatic carbocycles. The quantitative estimate of drug-likeness (QED) is 0.593. The second-order valence-electron chi connectivity index (χ2n) is 3.48. The highest BCUT2D eigenvalue weighted by molar-refractivity contribution is 5.69. The zero-order valence-electron chi connectivity index (χ0n) is 9.33. The Morgan fingerprint density at radius 1 is 1.38 bits per heavy atom. The second kappa shape index (κ2) is 6.95. The number of methoxy groups -OCH3 is 1. The first-order valence-corrected chi connectivity index (χ1v) is 5.24. The molecule has 0 bridgehead atoms. The molecule has 0 aromatic heterocycles. The highest BCUT2D eigenvalue weighted by Crippen LogP contribution is 2.02. The predicted octanol–water partition coefficient (Wildman–Crippen LogP) is 1.87. The van der Waals surface area contributed by atoms with Crippen molar-refractivity contribution in [1.82, 2.24) is 5.32 Å². The van der Waals surface area contributed by atoms with Crippen molar-refractivity contribution in [3.8, 4) is 0 Å². The summed E-state index contributed by atoms with van der Waals surface area (Å²) >= 11 is 0. The lowest BCUT2D eigenvalue weighted by Crippen LogP contribution is -2.16. The number of nitrogens with one attached hydrogen (secondary N) is 1. The van der Waals surface area contributed by atoms with Gasteiger partial charge >= 0.3 is 5.97 Å². The van der Waals surface area contributed by atoms with Crippen molar-refractivity contribution in [3.05, 3.63) is 35.6 Å². The van der Waals surface area contributed by atoms with Crippen LogP contribution < -0.4 is 5.32 Å². The summed E-state index contributed by atoms with van der Waals surface area (Å²) in [6, 6.07) is 6.35. The van der Waals surface area contributed by atoms with Crippen LogP contribution in [0.15, 0.2) is 24.3 Å². The van der Waals surface area contributed by atoms with E-state index in [1.807, 2.05) is 0 Å². The zero-order chi connectivity index (χ0) is 11.8. The zero-order valence-corrected chi connectivity index (χ0v) is 9.33. The first kappa shape index (κ1) is 12.6. The maximum absolute atomic E-state index is 12.6. The summed E-state index contributed by atoms with van der Waals surface area (Å²) in [5, 5.41) is 3.17. The molecular weight excluding hydrogens is 209 g/mol. The van der Waals surface area contributed by atoms with Crippen LogP contribution in [-0.2, 0) is 16.1 Å². The SMILES string of the molecule is COC(=O)CCCNCc1ccc(F)cc1. The molecule has 0 saturated carbocycles. The molecule has 1 N–H and O–H groups in total. The third kappa shape index (κ3) is 4.89. The molecule has 0 spiro atoms. The van der Waals surface area contributed by atoms with Crippen LogP contribution in [0.2, 0.25) is 0 Å². The van der Waals surface area contributed by atoms with Crippen LogP contribution in [0, 0.1) is 5.82 Å². The first-order chi connectivity index (χ1) is 7.72. The number of carbonyl (C=O) groups excluding carboxylic acids is 1. The molecule has 4 heteroatoms. The minimum atomic E-state index is -0.227. The lowest BCUT2D eigenvalue weighted by molar-refractivity contribution is -0.140. The largest absolute Gasteiger partial charge is 0.469 e. The Morgan fingerprint density at radius 2 is 2.06 bits per heavy atom. The number of esters is 1. The lowest BCUT2D eigenvalue weighted by Gasteiger charge is -2.04. The van der Waals surface area contributed by atoms with Crippen molar-refractivity contribution in [1.29, 1.82) is 0 Å². The molecule has 0 heterocycles. The van der Waals surface area contributed by atoms with E-state index in [4.69, 9.17) is 0 Å². The van der Waals surface area contributed by atoms with E-state index in [2.05, 4.69) is 10.1 Å². The minimum Gasteiger partial charge on any atom is -0.469 e. The molecule has 88 valence electrons. The Labute approximate surface area is 94.6 Å². The van der Waals surface area contributed by atoms with Gasteiger partial charge in [0.15, 0.2) is 0 Å². The summed E-state index contributed by atoms with van der Waals surface area (Å²) < 4.78 is 17.1. The fourth-order valence-corrected chi connectivity index (χ4v) is 1.29. The molecule has 0 radical (unpaired) electrons. The van der Waals surface area contributed by atoms with Crippen LogP contribution in [-0.4, -0.2) is 19.6 Å². The van der Waals surface area contributed by atoms with Crippen LogP contribution in [0.1, 0.15) is 18.4 Å². The third-order valence-electron chi connectivity index (χ3n) is 2.20. The molecule has 0 unspecified atom stereocenters. The van der Waals surface area contributed by atoms with Gasteiger partial charge in [-0.2, -0.15) is 0 Å². The van der Waals surface area contributed by atoms with Gasteiger partial charge in [-0.15, -0.1) is 0 Å².